The zero-order chi connectivity index (χ0) is 18.7. The van der Waals surface area contributed by atoms with Crippen LogP contribution in [0.2, 0.25) is 4.09 Å². The summed E-state index contributed by atoms with van der Waals surface area (Å²) >= 11 is 2.38. The van der Waals surface area contributed by atoms with Crippen LogP contribution in [0.25, 0.3) is 0 Å². The van der Waals surface area contributed by atoms with Gasteiger partial charge in [-0.25, -0.2) is 0 Å². The van der Waals surface area contributed by atoms with E-state index in [1.807, 2.05) is 0 Å². The van der Waals surface area contributed by atoms with E-state index in [2.05, 4.69) is 134 Å². The van der Waals surface area contributed by atoms with Crippen molar-refractivity contribution >= 4 is 36.2 Å². The molecule has 0 N–H and O–H groups in total. The van der Waals surface area contributed by atoms with Gasteiger partial charge in [-0.3, -0.25) is 0 Å². The Kier molecular flexibility index (Phi) is 5.52. The molecule has 128 valence electrons. The standard InChI is InChI=1S/C25H22P.Li/c1-20-12-8-11-19-24(20)25(21-13-9-10-14-21)26(22-15-4-2-5-16-22)23-17-6-3-7-18-23;/h2-19,25H,1H3;. The molecule has 0 nitrogen and oxygen atoms in total. The molecule has 0 fully saturated rings. The molecule has 0 saturated carbocycles. The molecule has 2 heteroatoms. The number of hydrogen-bond donors (Lipinski definition) is 0. The number of rotatable bonds is 5. The molecule has 3 aromatic carbocycles. The molecule has 0 aliphatic heterocycles. The Balaban J connectivity index is 1.96. The van der Waals surface area contributed by atoms with Crippen LogP contribution in [0.1, 0.15) is 16.8 Å². The fourth-order valence-electron chi connectivity index (χ4n) is 4.03. The minimum absolute atomic E-state index is 0.00347. The first-order valence-electron chi connectivity index (χ1n) is 9.51. The molecule has 0 amide bonds. The second kappa shape index (κ2) is 8.04. The van der Waals surface area contributed by atoms with E-state index in [0.29, 0.717) is 5.66 Å². The summed E-state index contributed by atoms with van der Waals surface area (Å²) in [6, 6.07) is 31.0. The first-order chi connectivity index (χ1) is 13.2. The van der Waals surface area contributed by atoms with Gasteiger partial charge in [0.05, 0.1) is 0 Å². The summed E-state index contributed by atoms with van der Waals surface area (Å²) in [5.41, 5.74) is 3.21. The molecule has 4 rings (SSSR count). The minimum atomic E-state index is -0.569. The average molecular weight is 360 g/mol. The Bertz CT molecular complexity index is 908. The van der Waals surface area contributed by atoms with Crippen molar-refractivity contribution < 1.29 is 0 Å². The number of benzene rings is 3. The van der Waals surface area contributed by atoms with Crippen LogP contribution in [0.4, 0.5) is 0 Å². The van der Waals surface area contributed by atoms with E-state index in [4.69, 9.17) is 0 Å². The van der Waals surface area contributed by atoms with Crippen LogP contribution in [0.3, 0.4) is 0 Å². The van der Waals surface area contributed by atoms with Gasteiger partial charge in [-0.1, -0.05) is 0 Å². The summed E-state index contributed by atoms with van der Waals surface area (Å²) in [7, 11) is -0.569. The van der Waals surface area contributed by atoms with Gasteiger partial charge in [0.2, 0.25) is 0 Å². The van der Waals surface area contributed by atoms with Crippen LogP contribution in [-0.2, 0) is 0 Å². The topological polar surface area (TPSA) is 0 Å². The predicted octanol–water partition coefficient (Wildman–Crippen LogP) is 5.62. The van der Waals surface area contributed by atoms with Crippen LogP contribution in [0.15, 0.2) is 109 Å². The maximum atomic E-state index is 2.38. The molecule has 0 heterocycles. The van der Waals surface area contributed by atoms with Crippen LogP contribution in [0, 0.1) is 6.92 Å². The summed E-state index contributed by atoms with van der Waals surface area (Å²) < 4.78 is 0.00347. The molecule has 0 saturated heterocycles. The van der Waals surface area contributed by atoms with Crippen LogP contribution >= 0.6 is 7.92 Å². The fraction of sp³-hybridized carbons (Fsp3) is 0.120. The number of hydrogen-bond acceptors (Lipinski definition) is 0. The molecule has 1 atom stereocenters. The van der Waals surface area contributed by atoms with Crippen LogP contribution < -0.4 is 10.6 Å². The second-order valence-corrected chi connectivity index (χ2v) is 9.67. The molecular formula is C25H22LiP. The van der Waals surface area contributed by atoms with Gasteiger partial charge in [-0.15, -0.1) is 0 Å². The Morgan fingerprint density at radius 3 is 1.70 bits per heavy atom. The summed E-state index contributed by atoms with van der Waals surface area (Å²) in [4.78, 5) is 0. The van der Waals surface area contributed by atoms with Crippen molar-refractivity contribution in [2.24, 2.45) is 0 Å². The third kappa shape index (κ3) is 3.76. The van der Waals surface area contributed by atoms with Gasteiger partial charge in [-0.2, -0.15) is 0 Å². The van der Waals surface area contributed by atoms with Gasteiger partial charge in [-0.05, 0) is 0 Å². The second-order valence-electron chi connectivity index (χ2n) is 7.38. The molecular weight excluding hydrogens is 338 g/mol. The van der Waals surface area contributed by atoms with Crippen molar-refractivity contribution in [2.75, 3.05) is 0 Å². The van der Waals surface area contributed by atoms with Gasteiger partial charge in [0, 0.05) is 0 Å². The van der Waals surface area contributed by atoms with Crippen molar-refractivity contribution in [3.05, 3.63) is 120 Å². The van der Waals surface area contributed by atoms with Crippen molar-refractivity contribution in [3.63, 3.8) is 0 Å². The zero-order valence-corrected chi connectivity index (χ0v) is 16.8. The molecule has 0 bridgehead atoms. The van der Waals surface area contributed by atoms with E-state index in [-0.39, 0.29) is 4.09 Å². The van der Waals surface area contributed by atoms with Gasteiger partial charge in [0.25, 0.3) is 0 Å². The van der Waals surface area contributed by atoms with E-state index in [1.165, 1.54) is 21.7 Å². The summed E-state index contributed by atoms with van der Waals surface area (Å²) in [5.74, 6) is 0. The quantitative estimate of drug-likeness (QED) is 0.409. The van der Waals surface area contributed by atoms with E-state index >= 15 is 0 Å². The Hall–Kier alpha value is -1.83. The molecule has 3 aromatic rings. The molecule has 1 aliphatic carbocycles. The third-order valence-electron chi connectivity index (χ3n) is 5.42. The average Bonchev–Trinajstić information content (AvgIpc) is 3.15. The van der Waals surface area contributed by atoms with Gasteiger partial charge in [0.15, 0.2) is 0 Å². The summed E-state index contributed by atoms with van der Waals surface area (Å²) in [5, 5.41) is 2.86. The summed E-state index contributed by atoms with van der Waals surface area (Å²) in [6.07, 6.45) is 9.17. The van der Waals surface area contributed by atoms with Gasteiger partial charge >= 0.3 is 173 Å². The van der Waals surface area contributed by atoms with Gasteiger partial charge in [0.1, 0.15) is 0 Å². The van der Waals surface area contributed by atoms with Crippen molar-refractivity contribution in [1.82, 2.24) is 0 Å². The van der Waals surface area contributed by atoms with Gasteiger partial charge < -0.3 is 0 Å². The molecule has 0 aromatic heterocycles. The fourth-order valence-corrected chi connectivity index (χ4v) is 7.21. The molecule has 1 aliphatic rings. The molecule has 0 radical (unpaired) electrons. The van der Waals surface area contributed by atoms with Crippen molar-refractivity contribution in [1.29, 1.82) is 0 Å². The van der Waals surface area contributed by atoms with E-state index in [1.54, 1.807) is 0 Å². The Morgan fingerprint density at radius 2 is 1.19 bits per heavy atom. The normalized spacial score (nSPS) is 16.0. The van der Waals surface area contributed by atoms with Crippen LogP contribution in [0.5, 0.6) is 0 Å². The van der Waals surface area contributed by atoms with E-state index in [0.717, 1.165) is 0 Å². The monoisotopic (exact) mass is 360 g/mol. The van der Waals surface area contributed by atoms with Crippen molar-refractivity contribution in [2.45, 2.75) is 16.7 Å². The summed E-state index contributed by atoms with van der Waals surface area (Å²) in [6.45, 7) is 2.25. The van der Waals surface area contributed by atoms with E-state index < -0.39 is 7.92 Å². The molecule has 27 heavy (non-hydrogen) atoms. The molecule has 1 unspecified atom stereocenters. The number of aryl methyl sites for hydroxylation is 1. The Morgan fingerprint density at radius 1 is 0.704 bits per heavy atom. The third-order valence-corrected chi connectivity index (χ3v) is 8.48. The predicted molar refractivity (Wildman–Crippen MR) is 120 cm³/mol. The maximum absolute atomic E-state index is 2.38. The van der Waals surface area contributed by atoms with Crippen LogP contribution in [-0.4, -0.2) is 17.7 Å². The van der Waals surface area contributed by atoms with Crippen molar-refractivity contribution in [3.8, 4) is 0 Å². The first kappa shape index (κ1) is 18.5. The zero-order valence-electron chi connectivity index (χ0n) is 15.9. The first-order valence-corrected chi connectivity index (χ1v) is 10.9. The Labute approximate surface area is 173 Å². The number of allylic oxidation sites excluding steroid dienone is 4. The van der Waals surface area contributed by atoms with E-state index in [9.17, 15) is 0 Å². The molecule has 0 spiro atoms. The SMILES string of the molecule is [Li][C]1(C(c2ccccc2C)P(c2ccccc2)c2ccccc2)C=CC=C1.